The fraction of sp³-hybridized carbons (Fsp3) is 0.192. The quantitative estimate of drug-likeness (QED) is 0.350. The molecule has 4 heteroatoms. The van der Waals surface area contributed by atoms with Gasteiger partial charge in [-0.2, -0.15) is 0 Å². The van der Waals surface area contributed by atoms with Crippen LogP contribution in [-0.2, 0) is 17.8 Å². The van der Waals surface area contributed by atoms with Crippen LogP contribution < -0.4 is 5.32 Å². The van der Waals surface area contributed by atoms with E-state index in [4.69, 9.17) is 11.6 Å². The van der Waals surface area contributed by atoms with Crippen LogP contribution in [0.5, 0.6) is 0 Å². The minimum absolute atomic E-state index is 0.0632. The van der Waals surface area contributed by atoms with Crippen LogP contribution in [0.15, 0.2) is 85.1 Å². The molecule has 3 aromatic carbocycles. The van der Waals surface area contributed by atoms with Crippen molar-refractivity contribution in [2.75, 3.05) is 0 Å². The van der Waals surface area contributed by atoms with Crippen LogP contribution in [0.3, 0.4) is 0 Å². The number of aromatic amines is 1. The second-order valence-corrected chi connectivity index (χ2v) is 8.06. The molecule has 1 heterocycles. The molecule has 0 bridgehead atoms. The molecule has 0 aliphatic carbocycles. The third kappa shape index (κ3) is 5.11. The number of hydrogen-bond donors (Lipinski definition) is 2. The normalized spacial score (nSPS) is 12.0. The van der Waals surface area contributed by atoms with Gasteiger partial charge in [-0.3, -0.25) is 4.79 Å². The number of halogens is 1. The molecule has 0 aliphatic rings. The summed E-state index contributed by atoms with van der Waals surface area (Å²) in [6.07, 6.45) is 4.28. The molecule has 1 amide bonds. The molecule has 0 fully saturated rings. The van der Waals surface area contributed by atoms with E-state index in [1.54, 1.807) is 0 Å². The second kappa shape index (κ2) is 9.64. The Bertz CT molecular complexity index is 1110. The predicted molar refractivity (Wildman–Crippen MR) is 124 cm³/mol. The van der Waals surface area contributed by atoms with E-state index in [0.717, 1.165) is 34.9 Å². The summed E-state index contributed by atoms with van der Waals surface area (Å²) in [6.45, 7) is 0.546. The minimum atomic E-state index is 0.0632. The highest BCUT2D eigenvalue weighted by Crippen LogP contribution is 2.33. The maximum atomic E-state index is 12.8. The van der Waals surface area contributed by atoms with Crippen LogP contribution in [-0.4, -0.2) is 10.9 Å². The van der Waals surface area contributed by atoms with Crippen LogP contribution in [0.1, 0.15) is 35.4 Å². The Balaban J connectivity index is 1.51. The SMILES string of the molecule is O=C(CC(CCc1ccccc1)c1c[nH]c2ccc(Cl)cc12)NCc1ccccc1. The molecule has 1 atom stereocenters. The third-order valence-electron chi connectivity index (χ3n) is 5.50. The number of rotatable bonds is 8. The smallest absolute Gasteiger partial charge is 0.220 e. The molecular weight excluding hydrogens is 392 g/mol. The third-order valence-corrected chi connectivity index (χ3v) is 5.74. The van der Waals surface area contributed by atoms with Crippen LogP contribution in [0, 0.1) is 0 Å². The van der Waals surface area contributed by atoms with Crippen LogP contribution >= 0.6 is 11.6 Å². The van der Waals surface area contributed by atoms with Gasteiger partial charge in [0.05, 0.1) is 0 Å². The fourth-order valence-corrected chi connectivity index (χ4v) is 4.07. The standard InChI is InChI=1S/C26H25ClN2O/c27-22-13-14-25-23(16-22)24(18-28-25)21(12-11-19-7-3-1-4-8-19)15-26(30)29-17-20-9-5-2-6-10-20/h1-10,13-14,16,18,21,28H,11-12,15,17H2,(H,29,30). The summed E-state index contributed by atoms with van der Waals surface area (Å²) in [6, 6.07) is 26.3. The Morgan fingerprint density at radius 3 is 2.37 bits per heavy atom. The predicted octanol–water partition coefficient (Wildman–Crippen LogP) is 6.24. The molecule has 0 radical (unpaired) electrons. The van der Waals surface area contributed by atoms with E-state index in [1.807, 2.05) is 60.8 Å². The number of benzene rings is 3. The average Bonchev–Trinajstić information content (AvgIpc) is 3.19. The Morgan fingerprint density at radius 2 is 1.63 bits per heavy atom. The summed E-state index contributed by atoms with van der Waals surface area (Å²) in [4.78, 5) is 16.1. The van der Waals surface area contributed by atoms with Gasteiger partial charge in [-0.1, -0.05) is 72.3 Å². The number of carbonyl (C=O) groups excluding carboxylic acids is 1. The first kappa shape index (κ1) is 20.2. The van der Waals surface area contributed by atoms with E-state index in [-0.39, 0.29) is 11.8 Å². The highest BCUT2D eigenvalue weighted by molar-refractivity contribution is 6.31. The topological polar surface area (TPSA) is 44.9 Å². The molecule has 0 saturated carbocycles. The highest BCUT2D eigenvalue weighted by atomic mass is 35.5. The maximum absolute atomic E-state index is 12.8. The summed E-state index contributed by atoms with van der Waals surface area (Å²) in [5, 5.41) is 4.87. The van der Waals surface area contributed by atoms with E-state index < -0.39 is 0 Å². The Labute approximate surface area is 182 Å². The number of nitrogens with one attached hydrogen (secondary N) is 2. The lowest BCUT2D eigenvalue weighted by Gasteiger charge is -2.17. The van der Waals surface area contributed by atoms with Crippen LogP contribution in [0.4, 0.5) is 0 Å². The van der Waals surface area contributed by atoms with E-state index in [0.29, 0.717) is 18.0 Å². The van der Waals surface area contributed by atoms with E-state index in [1.165, 1.54) is 5.56 Å². The van der Waals surface area contributed by atoms with Crippen molar-refractivity contribution in [3.05, 3.63) is 107 Å². The molecule has 30 heavy (non-hydrogen) atoms. The van der Waals surface area contributed by atoms with Crippen molar-refractivity contribution in [1.82, 2.24) is 10.3 Å². The van der Waals surface area contributed by atoms with E-state index >= 15 is 0 Å². The molecule has 3 nitrogen and oxygen atoms in total. The highest BCUT2D eigenvalue weighted by Gasteiger charge is 2.20. The summed E-state index contributed by atoms with van der Waals surface area (Å²) in [5.74, 6) is 0.168. The van der Waals surface area contributed by atoms with Crippen molar-refractivity contribution in [3.8, 4) is 0 Å². The first-order valence-electron chi connectivity index (χ1n) is 10.3. The van der Waals surface area contributed by atoms with Gasteiger partial charge in [0.2, 0.25) is 5.91 Å². The van der Waals surface area contributed by atoms with Crippen molar-refractivity contribution < 1.29 is 4.79 Å². The van der Waals surface area contributed by atoms with Gasteiger partial charge < -0.3 is 10.3 Å². The second-order valence-electron chi connectivity index (χ2n) is 7.62. The summed E-state index contributed by atoms with van der Waals surface area (Å²) in [7, 11) is 0. The first-order valence-corrected chi connectivity index (χ1v) is 10.7. The van der Waals surface area contributed by atoms with Gasteiger partial charge in [-0.15, -0.1) is 0 Å². The van der Waals surface area contributed by atoms with Gasteiger partial charge in [0.1, 0.15) is 0 Å². The fourth-order valence-electron chi connectivity index (χ4n) is 3.90. The van der Waals surface area contributed by atoms with Gasteiger partial charge in [0, 0.05) is 35.1 Å². The number of fused-ring (bicyclic) bond motifs is 1. The lowest BCUT2D eigenvalue weighted by molar-refractivity contribution is -0.121. The summed E-state index contributed by atoms with van der Waals surface area (Å²) >= 11 is 6.26. The molecule has 4 rings (SSSR count). The monoisotopic (exact) mass is 416 g/mol. The zero-order chi connectivity index (χ0) is 20.8. The first-order chi connectivity index (χ1) is 14.7. The molecule has 0 spiro atoms. The van der Waals surface area contributed by atoms with Crippen molar-refractivity contribution >= 4 is 28.4 Å². The van der Waals surface area contributed by atoms with Crippen molar-refractivity contribution in [1.29, 1.82) is 0 Å². The number of aromatic nitrogens is 1. The van der Waals surface area contributed by atoms with Gasteiger partial charge in [-0.05, 0) is 53.6 Å². The summed E-state index contributed by atoms with van der Waals surface area (Å²) in [5.41, 5.74) is 4.58. The van der Waals surface area contributed by atoms with Crippen LogP contribution in [0.2, 0.25) is 5.02 Å². The number of carbonyl (C=O) groups is 1. The van der Waals surface area contributed by atoms with Crippen molar-refractivity contribution in [2.45, 2.75) is 31.7 Å². The molecule has 2 N–H and O–H groups in total. The maximum Gasteiger partial charge on any atom is 0.220 e. The number of amides is 1. The largest absolute Gasteiger partial charge is 0.361 e. The number of H-pyrrole nitrogens is 1. The molecule has 0 saturated heterocycles. The molecule has 4 aromatic rings. The molecule has 0 aliphatic heterocycles. The van der Waals surface area contributed by atoms with E-state index in [9.17, 15) is 4.79 Å². The zero-order valence-corrected chi connectivity index (χ0v) is 17.5. The lowest BCUT2D eigenvalue weighted by atomic mass is 9.89. The van der Waals surface area contributed by atoms with Gasteiger partial charge in [-0.25, -0.2) is 0 Å². The minimum Gasteiger partial charge on any atom is -0.361 e. The molecule has 1 aromatic heterocycles. The van der Waals surface area contributed by atoms with Gasteiger partial charge in [0.25, 0.3) is 0 Å². The summed E-state index contributed by atoms with van der Waals surface area (Å²) < 4.78 is 0. The van der Waals surface area contributed by atoms with E-state index in [2.05, 4.69) is 34.6 Å². The number of hydrogen-bond acceptors (Lipinski definition) is 1. The molecular formula is C26H25ClN2O. The Hall–Kier alpha value is -3.04. The Morgan fingerprint density at radius 1 is 0.933 bits per heavy atom. The Kier molecular flexibility index (Phi) is 6.50. The van der Waals surface area contributed by atoms with Crippen molar-refractivity contribution in [3.63, 3.8) is 0 Å². The molecule has 152 valence electrons. The van der Waals surface area contributed by atoms with Gasteiger partial charge in [0.15, 0.2) is 0 Å². The number of aryl methyl sites for hydroxylation is 1. The van der Waals surface area contributed by atoms with Crippen LogP contribution in [0.25, 0.3) is 10.9 Å². The lowest BCUT2D eigenvalue weighted by Crippen LogP contribution is -2.24. The average molecular weight is 417 g/mol. The van der Waals surface area contributed by atoms with Crippen molar-refractivity contribution in [2.24, 2.45) is 0 Å². The van der Waals surface area contributed by atoms with Gasteiger partial charge >= 0.3 is 0 Å². The molecule has 1 unspecified atom stereocenters. The zero-order valence-electron chi connectivity index (χ0n) is 16.8.